The van der Waals surface area contributed by atoms with Crippen LogP contribution in [0.3, 0.4) is 0 Å². The van der Waals surface area contributed by atoms with Crippen molar-refractivity contribution < 1.29 is 27.9 Å². The summed E-state index contributed by atoms with van der Waals surface area (Å²) >= 11 is 6.02. The van der Waals surface area contributed by atoms with E-state index in [1.807, 2.05) is 0 Å². The molecule has 1 fully saturated rings. The number of rotatable bonds is 11. The highest BCUT2D eigenvalue weighted by Gasteiger charge is 2.49. The number of pyridine rings is 1. The molecule has 13 heteroatoms. The molecule has 5 N–H and O–H groups in total. The third-order valence-electron chi connectivity index (χ3n) is 6.44. The highest BCUT2D eigenvalue weighted by atomic mass is 35.5. The van der Waals surface area contributed by atoms with Gasteiger partial charge in [-0.15, -0.1) is 0 Å². The second-order valence-corrected chi connectivity index (χ2v) is 10.6. The van der Waals surface area contributed by atoms with Crippen LogP contribution in [0, 0.1) is 10.8 Å². The van der Waals surface area contributed by atoms with Crippen LogP contribution in [0.1, 0.15) is 26.0 Å². The summed E-state index contributed by atoms with van der Waals surface area (Å²) in [5, 5.41) is 13.9. The van der Waals surface area contributed by atoms with Crippen molar-refractivity contribution in [3.05, 3.63) is 59.4 Å². The van der Waals surface area contributed by atoms with Crippen LogP contribution < -0.4 is 21.1 Å². The van der Waals surface area contributed by atoms with Crippen LogP contribution in [0.25, 0.3) is 0 Å². The smallest absolute Gasteiger partial charge is 0.255 e. The predicted molar refractivity (Wildman–Crippen MR) is 145 cm³/mol. The van der Waals surface area contributed by atoms with Gasteiger partial charge in [0.2, 0.25) is 17.7 Å². The van der Waals surface area contributed by atoms with Gasteiger partial charge in [0, 0.05) is 48.6 Å². The molecule has 0 bridgehead atoms. The number of alkyl halides is 2. The number of benzene rings is 1. The summed E-state index contributed by atoms with van der Waals surface area (Å²) in [7, 11) is 0. The Morgan fingerprint density at radius 2 is 2.00 bits per heavy atom. The molecule has 1 aromatic heterocycles. The maximum atomic E-state index is 13.8. The Labute approximate surface area is 236 Å². The minimum absolute atomic E-state index is 0.00664. The third kappa shape index (κ3) is 7.95. The number of nitrogens with one attached hydrogen (secondary N) is 3. The number of hydrogen-bond acceptors (Lipinski definition) is 7. The molecule has 10 nitrogen and oxygen atoms in total. The Morgan fingerprint density at radius 3 is 2.62 bits per heavy atom. The molecule has 3 amide bonds. The summed E-state index contributed by atoms with van der Waals surface area (Å²) in [6.45, 7) is 1.57. The number of amides is 3. The van der Waals surface area contributed by atoms with Crippen molar-refractivity contribution in [1.82, 2.24) is 20.5 Å². The van der Waals surface area contributed by atoms with Gasteiger partial charge in [0.1, 0.15) is 23.8 Å². The summed E-state index contributed by atoms with van der Waals surface area (Å²) in [6, 6.07) is 10.3. The average Bonchev–Trinajstić information content (AvgIpc) is 2.90. The van der Waals surface area contributed by atoms with Crippen molar-refractivity contribution in [2.75, 3.05) is 26.2 Å². The largest absolute Gasteiger partial charge is 0.491 e. The number of carbonyl (C=O) groups excluding carboxylic acids is 3. The van der Waals surface area contributed by atoms with Crippen LogP contribution in [0.15, 0.2) is 48.7 Å². The zero-order chi connectivity index (χ0) is 29.5. The van der Waals surface area contributed by atoms with Gasteiger partial charge in [0.15, 0.2) is 0 Å². The van der Waals surface area contributed by atoms with Gasteiger partial charge >= 0.3 is 0 Å². The topological polar surface area (TPSA) is 151 Å². The molecule has 1 aromatic carbocycles. The lowest BCUT2D eigenvalue weighted by Crippen LogP contribution is -2.63. The number of nitrogens with two attached hydrogens (primary N) is 1. The Morgan fingerprint density at radius 1 is 1.25 bits per heavy atom. The maximum absolute atomic E-state index is 13.8. The molecule has 0 aliphatic carbocycles. The molecule has 0 unspecified atom stereocenters. The molecule has 0 spiro atoms. The Hall–Kier alpha value is -3.64. The molecule has 40 heavy (non-hydrogen) atoms. The van der Waals surface area contributed by atoms with E-state index in [0.29, 0.717) is 16.5 Å². The zero-order valence-electron chi connectivity index (χ0n) is 22.3. The normalized spacial score (nSPS) is 18.3. The fourth-order valence-corrected chi connectivity index (χ4v) is 4.43. The van der Waals surface area contributed by atoms with Crippen molar-refractivity contribution in [3.63, 3.8) is 0 Å². The minimum Gasteiger partial charge on any atom is -0.491 e. The number of likely N-dealkylation sites (tertiary alicyclic amines) is 1. The number of ether oxygens (including phenoxy) is 1. The summed E-state index contributed by atoms with van der Waals surface area (Å²) in [4.78, 5) is 45.5. The summed E-state index contributed by atoms with van der Waals surface area (Å²) in [6.07, 6.45) is -1.35. The first-order chi connectivity index (χ1) is 18.8. The summed E-state index contributed by atoms with van der Waals surface area (Å²) in [5.74, 6) is -1.64. The monoisotopic (exact) mass is 578 g/mol. The minimum atomic E-state index is -2.80. The second-order valence-electron chi connectivity index (χ2n) is 10.2. The van der Waals surface area contributed by atoms with Gasteiger partial charge in [0.05, 0.1) is 12.1 Å². The van der Waals surface area contributed by atoms with Gasteiger partial charge in [-0.25, -0.2) is 8.78 Å². The lowest BCUT2D eigenvalue weighted by atomic mass is 9.73. The number of piperidine rings is 1. The third-order valence-corrected chi connectivity index (χ3v) is 6.68. The molecule has 216 valence electrons. The summed E-state index contributed by atoms with van der Waals surface area (Å²) in [5.41, 5.74) is 3.42. The van der Waals surface area contributed by atoms with Crippen LogP contribution in [0.5, 0.6) is 5.75 Å². The maximum Gasteiger partial charge on any atom is 0.255 e. The van der Waals surface area contributed by atoms with Crippen LogP contribution in [0.2, 0.25) is 5.02 Å². The predicted octanol–water partition coefficient (Wildman–Crippen LogP) is 2.20. The van der Waals surface area contributed by atoms with E-state index in [9.17, 15) is 23.2 Å². The van der Waals surface area contributed by atoms with Gasteiger partial charge in [-0.2, -0.15) is 0 Å². The van der Waals surface area contributed by atoms with Crippen molar-refractivity contribution >= 4 is 35.0 Å². The van der Waals surface area contributed by atoms with Crippen molar-refractivity contribution in [2.24, 2.45) is 11.1 Å². The Bertz CT molecular complexity index is 1230. The van der Waals surface area contributed by atoms with Gasteiger partial charge in [-0.3, -0.25) is 19.4 Å². The van der Waals surface area contributed by atoms with E-state index in [1.54, 1.807) is 42.5 Å². The van der Waals surface area contributed by atoms with Crippen LogP contribution in [0.4, 0.5) is 8.78 Å². The molecule has 1 aliphatic rings. The lowest BCUT2D eigenvalue weighted by Gasteiger charge is -2.43. The Balaban J connectivity index is 1.91. The number of carbonyl (C=O) groups is 3. The van der Waals surface area contributed by atoms with Crippen molar-refractivity contribution in [3.8, 4) is 5.75 Å². The first kappa shape index (κ1) is 30.9. The zero-order valence-corrected chi connectivity index (χ0v) is 23.0. The molecule has 2 aromatic rings. The summed E-state index contributed by atoms with van der Waals surface area (Å²) < 4.78 is 31.7. The average molecular weight is 579 g/mol. The lowest BCUT2D eigenvalue weighted by molar-refractivity contribution is -0.141. The first-order valence-corrected chi connectivity index (χ1v) is 13.0. The standard InChI is InChI=1S/C27H33ClF2N6O4/c1-26(2,32)24(38)35-20(15-40-19-8-5-6-17(28)12-19)23(37)36-11-9-21(31)27(16-36,25(39)34-14-22(29)30)13-18-7-3-4-10-33-18/h3-8,10,12,20,22,31H,9,11,13-16,32H2,1-2H3,(H,34,39)(H,35,38)/t20-,27-/m1/s1. The molecular formula is C27H33ClF2N6O4. The number of halogens is 3. The molecule has 1 aliphatic heterocycles. The molecule has 0 radical (unpaired) electrons. The Kier molecular flexibility index (Phi) is 10.2. The van der Waals surface area contributed by atoms with E-state index in [1.165, 1.54) is 24.9 Å². The molecule has 1 saturated heterocycles. The van der Waals surface area contributed by atoms with Crippen LogP contribution >= 0.6 is 11.6 Å². The van der Waals surface area contributed by atoms with Crippen LogP contribution in [-0.4, -0.2) is 77.6 Å². The molecular weight excluding hydrogens is 546 g/mol. The fourth-order valence-electron chi connectivity index (χ4n) is 4.25. The van der Waals surface area contributed by atoms with Gasteiger partial charge in [0.25, 0.3) is 6.43 Å². The van der Waals surface area contributed by atoms with E-state index >= 15 is 0 Å². The number of nitrogens with zero attached hydrogens (tertiary/aromatic N) is 2. The van der Waals surface area contributed by atoms with Crippen molar-refractivity contribution in [2.45, 2.75) is 44.7 Å². The van der Waals surface area contributed by atoms with E-state index in [0.717, 1.165) is 0 Å². The van der Waals surface area contributed by atoms with E-state index in [-0.39, 0.29) is 38.2 Å². The quantitative estimate of drug-likeness (QED) is 0.321. The van der Waals surface area contributed by atoms with Crippen LogP contribution in [-0.2, 0) is 20.8 Å². The highest BCUT2D eigenvalue weighted by Crippen LogP contribution is 2.32. The van der Waals surface area contributed by atoms with Gasteiger partial charge in [-0.05, 0) is 44.2 Å². The number of aromatic nitrogens is 1. The first-order valence-electron chi connectivity index (χ1n) is 12.6. The van der Waals surface area contributed by atoms with E-state index in [2.05, 4.69) is 15.6 Å². The molecule has 2 atom stereocenters. The van der Waals surface area contributed by atoms with E-state index < -0.39 is 47.7 Å². The second kappa shape index (κ2) is 13.1. The fraction of sp³-hybridized carbons (Fsp3) is 0.444. The van der Waals surface area contributed by atoms with Gasteiger partial charge in [-0.1, -0.05) is 23.7 Å². The number of hydrogen-bond donors (Lipinski definition) is 4. The van der Waals surface area contributed by atoms with E-state index in [4.69, 9.17) is 27.5 Å². The molecule has 0 saturated carbocycles. The van der Waals surface area contributed by atoms with Gasteiger partial charge < -0.3 is 31.4 Å². The molecule has 3 rings (SSSR count). The highest BCUT2D eigenvalue weighted by molar-refractivity contribution is 6.30. The van der Waals surface area contributed by atoms with Crippen molar-refractivity contribution in [1.29, 1.82) is 5.41 Å². The molecule has 2 heterocycles. The SMILES string of the molecule is CC(C)(N)C(=O)N[C@H](COc1cccc(Cl)c1)C(=O)N1CCC(=N)[C@](Cc2ccccn2)(C(=O)NCC(F)F)C1.